The van der Waals surface area contributed by atoms with Crippen molar-refractivity contribution < 1.29 is 9.84 Å². The molecule has 4 heteroatoms. The van der Waals surface area contributed by atoms with Gasteiger partial charge in [-0.15, -0.1) is 0 Å². The normalized spacial score (nSPS) is 12.3. The van der Waals surface area contributed by atoms with Gasteiger partial charge >= 0.3 is 0 Å². The van der Waals surface area contributed by atoms with E-state index in [1.807, 2.05) is 48.1 Å². The lowest BCUT2D eigenvalue weighted by Gasteiger charge is -2.11. The molecule has 18 heavy (non-hydrogen) atoms. The smallest absolute Gasteiger partial charge is 0.119 e. The van der Waals surface area contributed by atoms with Crippen molar-refractivity contribution in [2.24, 2.45) is 7.05 Å². The number of hydrogen-bond donors (Lipinski definition) is 1. The van der Waals surface area contributed by atoms with Crippen molar-refractivity contribution in [3.8, 4) is 5.75 Å². The molecule has 2 aromatic rings. The molecule has 2 rings (SSSR count). The largest absolute Gasteiger partial charge is 0.493 e. The average Bonchev–Trinajstić information content (AvgIpc) is 2.76. The van der Waals surface area contributed by atoms with Crippen molar-refractivity contribution in [2.75, 3.05) is 6.61 Å². The molecule has 0 bridgehead atoms. The molecule has 0 saturated carbocycles. The molecule has 1 N–H and O–H groups in total. The summed E-state index contributed by atoms with van der Waals surface area (Å²) in [6.45, 7) is 0.510. The van der Waals surface area contributed by atoms with Crippen LogP contribution in [0.3, 0.4) is 0 Å². The van der Waals surface area contributed by atoms with Crippen molar-refractivity contribution in [3.63, 3.8) is 0 Å². The molecule has 0 spiro atoms. The van der Waals surface area contributed by atoms with Gasteiger partial charge in [-0.25, -0.2) is 4.98 Å². The van der Waals surface area contributed by atoms with Gasteiger partial charge in [0.2, 0.25) is 0 Å². The Hall–Kier alpha value is -1.81. The van der Waals surface area contributed by atoms with E-state index in [1.165, 1.54) is 0 Å². The molecule has 1 aromatic heterocycles. The zero-order valence-electron chi connectivity index (χ0n) is 10.5. The maximum absolute atomic E-state index is 9.89. The molecule has 0 aliphatic heterocycles. The number of benzene rings is 1. The van der Waals surface area contributed by atoms with Gasteiger partial charge in [0.25, 0.3) is 0 Å². The Balaban J connectivity index is 1.72. The van der Waals surface area contributed by atoms with E-state index in [2.05, 4.69) is 4.98 Å². The first kappa shape index (κ1) is 12.6. The summed E-state index contributed by atoms with van der Waals surface area (Å²) >= 11 is 0. The molecule has 1 aromatic carbocycles. The van der Waals surface area contributed by atoms with Crippen LogP contribution in [0, 0.1) is 0 Å². The summed E-state index contributed by atoms with van der Waals surface area (Å²) in [5.74, 6) is 1.73. The first-order valence-electron chi connectivity index (χ1n) is 6.08. The number of imidazole rings is 1. The Bertz CT molecular complexity index is 468. The lowest BCUT2D eigenvalue weighted by Crippen LogP contribution is -2.17. The molecule has 0 aliphatic rings. The lowest BCUT2D eigenvalue weighted by molar-refractivity contribution is 0.136. The van der Waals surface area contributed by atoms with Crippen LogP contribution in [0.4, 0.5) is 0 Å². The Labute approximate surface area is 107 Å². The van der Waals surface area contributed by atoms with Crippen molar-refractivity contribution in [1.29, 1.82) is 0 Å². The number of nitrogens with zero attached hydrogens (tertiary/aromatic N) is 2. The minimum Gasteiger partial charge on any atom is -0.493 e. The van der Waals surface area contributed by atoms with E-state index in [4.69, 9.17) is 4.74 Å². The Morgan fingerprint density at radius 1 is 1.33 bits per heavy atom. The molecular formula is C14H18N2O2. The first-order chi connectivity index (χ1) is 8.75. The lowest BCUT2D eigenvalue weighted by atomic mass is 10.2. The van der Waals surface area contributed by atoms with E-state index in [0.717, 1.165) is 11.6 Å². The molecule has 4 nitrogen and oxygen atoms in total. The van der Waals surface area contributed by atoms with Crippen LogP contribution in [0.5, 0.6) is 5.75 Å². The maximum Gasteiger partial charge on any atom is 0.119 e. The van der Waals surface area contributed by atoms with Gasteiger partial charge in [-0.05, 0) is 12.1 Å². The second-order valence-electron chi connectivity index (χ2n) is 4.26. The van der Waals surface area contributed by atoms with Gasteiger partial charge < -0.3 is 14.4 Å². The van der Waals surface area contributed by atoms with E-state index in [1.54, 1.807) is 6.20 Å². The minimum atomic E-state index is -0.421. The molecule has 0 amide bonds. The van der Waals surface area contributed by atoms with Crippen molar-refractivity contribution in [1.82, 2.24) is 9.55 Å². The molecule has 0 fully saturated rings. The molecule has 1 atom stereocenters. The number of ether oxygens (including phenoxy) is 1. The van der Waals surface area contributed by atoms with Gasteiger partial charge in [-0.1, -0.05) is 18.2 Å². The minimum absolute atomic E-state index is 0.421. The third kappa shape index (κ3) is 3.60. The number of aromatic nitrogens is 2. The number of hydrogen-bond acceptors (Lipinski definition) is 3. The quantitative estimate of drug-likeness (QED) is 0.845. The number of para-hydroxylation sites is 1. The molecule has 0 saturated heterocycles. The fraction of sp³-hybridized carbons (Fsp3) is 0.357. The molecule has 0 aliphatic carbocycles. The van der Waals surface area contributed by atoms with Crippen LogP contribution < -0.4 is 4.74 Å². The fourth-order valence-corrected chi connectivity index (χ4v) is 1.74. The standard InChI is InChI=1S/C14H18N2O2/c1-16-9-8-15-14(16)11-12(17)7-10-18-13-5-3-2-4-6-13/h2-6,8-9,12,17H,7,10-11H2,1H3. The Morgan fingerprint density at radius 3 is 2.78 bits per heavy atom. The van der Waals surface area contributed by atoms with E-state index in [9.17, 15) is 5.11 Å². The molecule has 1 heterocycles. The van der Waals surface area contributed by atoms with Crippen LogP contribution in [0.15, 0.2) is 42.7 Å². The molecule has 96 valence electrons. The highest BCUT2D eigenvalue weighted by molar-refractivity contribution is 5.20. The summed E-state index contributed by atoms with van der Waals surface area (Å²) in [5, 5.41) is 9.89. The monoisotopic (exact) mass is 246 g/mol. The van der Waals surface area contributed by atoms with Crippen molar-refractivity contribution >= 4 is 0 Å². The predicted molar refractivity (Wildman–Crippen MR) is 69.5 cm³/mol. The van der Waals surface area contributed by atoms with Crippen molar-refractivity contribution in [3.05, 3.63) is 48.5 Å². The van der Waals surface area contributed by atoms with Crippen LogP contribution in [0.1, 0.15) is 12.2 Å². The van der Waals surface area contributed by atoms with E-state index < -0.39 is 6.10 Å². The highest BCUT2D eigenvalue weighted by atomic mass is 16.5. The van der Waals surface area contributed by atoms with Crippen LogP contribution >= 0.6 is 0 Å². The first-order valence-corrected chi connectivity index (χ1v) is 6.08. The van der Waals surface area contributed by atoms with E-state index in [0.29, 0.717) is 19.4 Å². The van der Waals surface area contributed by atoms with E-state index in [-0.39, 0.29) is 0 Å². The Morgan fingerprint density at radius 2 is 2.11 bits per heavy atom. The second-order valence-corrected chi connectivity index (χ2v) is 4.26. The number of aryl methyl sites for hydroxylation is 1. The van der Waals surface area contributed by atoms with Gasteiger partial charge in [0, 0.05) is 32.3 Å². The second kappa shape index (κ2) is 6.21. The molecule has 1 unspecified atom stereocenters. The SMILES string of the molecule is Cn1ccnc1CC(O)CCOc1ccccc1. The van der Waals surface area contributed by atoms with E-state index >= 15 is 0 Å². The van der Waals surface area contributed by atoms with Gasteiger partial charge in [0.05, 0.1) is 12.7 Å². The van der Waals surface area contributed by atoms with Crippen LogP contribution in [-0.4, -0.2) is 27.4 Å². The summed E-state index contributed by atoms with van der Waals surface area (Å²) in [4.78, 5) is 4.18. The summed E-state index contributed by atoms with van der Waals surface area (Å²) in [6.07, 6.45) is 4.35. The summed E-state index contributed by atoms with van der Waals surface area (Å²) in [5.41, 5.74) is 0. The van der Waals surface area contributed by atoms with Crippen LogP contribution in [0.2, 0.25) is 0 Å². The summed E-state index contributed by atoms with van der Waals surface area (Å²) in [6, 6.07) is 9.62. The van der Waals surface area contributed by atoms with Crippen LogP contribution in [-0.2, 0) is 13.5 Å². The molecule has 0 radical (unpaired) electrons. The summed E-state index contributed by atoms with van der Waals surface area (Å²) in [7, 11) is 1.93. The zero-order valence-corrected chi connectivity index (χ0v) is 10.5. The Kier molecular flexibility index (Phi) is 4.36. The average molecular weight is 246 g/mol. The topological polar surface area (TPSA) is 47.3 Å². The summed E-state index contributed by atoms with van der Waals surface area (Å²) < 4.78 is 7.46. The van der Waals surface area contributed by atoms with Gasteiger partial charge in [0.1, 0.15) is 11.6 Å². The highest BCUT2D eigenvalue weighted by Gasteiger charge is 2.09. The zero-order chi connectivity index (χ0) is 12.8. The number of aliphatic hydroxyl groups is 1. The molecular weight excluding hydrogens is 228 g/mol. The fourth-order valence-electron chi connectivity index (χ4n) is 1.74. The number of aliphatic hydroxyl groups excluding tert-OH is 1. The predicted octanol–water partition coefficient (Wildman–Crippen LogP) is 1.79. The van der Waals surface area contributed by atoms with Crippen LogP contribution in [0.25, 0.3) is 0 Å². The third-order valence-electron chi connectivity index (χ3n) is 2.80. The van der Waals surface area contributed by atoms with Gasteiger partial charge in [-0.2, -0.15) is 0 Å². The third-order valence-corrected chi connectivity index (χ3v) is 2.80. The van der Waals surface area contributed by atoms with Gasteiger partial charge in [-0.3, -0.25) is 0 Å². The number of rotatable bonds is 6. The highest BCUT2D eigenvalue weighted by Crippen LogP contribution is 2.10. The maximum atomic E-state index is 9.89. The van der Waals surface area contributed by atoms with Gasteiger partial charge in [0.15, 0.2) is 0 Å². The van der Waals surface area contributed by atoms with Crippen molar-refractivity contribution in [2.45, 2.75) is 18.9 Å².